The van der Waals surface area contributed by atoms with Crippen LogP contribution in [-0.2, 0) is 20.7 Å². The number of phenols is 1. The van der Waals surface area contributed by atoms with Gasteiger partial charge in [-0.3, -0.25) is 4.79 Å². The summed E-state index contributed by atoms with van der Waals surface area (Å²) >= 11 is 0. The average molecular weight is 565 g/mol. The van der Waals surface area contributed by atoms with Gasteiger partial charge in [0, 0.05) is 18.7 Å². The number of rotatable bonds is 11. The SMILES string of the molecule is CC(CC1CCC(C)(C)C1(C)C)OC(=O)C1CCCN1C(=O)C(CC1CC1)NC(Cc1cccc(O)c1)=C1CCC1. The zero-order chi connectivity index (χ0) is 29.4. The average Bonchev–Trinajstić information content (AvgIpc) is 3.50. The molecule has 0 radical (unpaired) electrons. The fourth-order valence-corrected chi connectivity index (χ4v) is 7.31. The molecule has 4 aliphatic rings. The van der Waals surface area contributed by atoms with E-state index in [2.05, 4.69) is 33.0 Å². The molecule has 41 heavy (non-hydrogen) atoms. The van der Waals surface area contributed by atoms with Gasteiger partial charge in [0.05, 0.1) is 6.10 Å². The van der Waals surface area contributed by atoms with Crippen LogP contribution in [0, 0.1) is 22.7 Å². The zero-order valence-electron chi connectivity index (χ0n) is 26.0. The van der Waals surface area contributed by atoms with Crippen LogP contribution in [0.5, 0.6) is 5.75 Å². The minimum absolute atomic E-state index is 0.0380. The van der Waals surface area contributed by atoms with Crippen molar-refractivity contribution in [2.75, 3.05) is 6.54 Å². The molecule has 1 heterocycles. The Balaban J connectivity index is 1.25. The summed E-state index contributed by atoms with van der Waals surface area (Å²) in [6.07, 6.45) is 11.7. The van der Waals surface area contributed by atoms with Gasteiger partial charge in [-0.15, -0.1) is 0 Å². The number of hydrogen-bond acceptors (Lipinski definition) is 5. The molecule has 1 aromatic carbocycles. The minimum Gasteiger partial charge on any atom is -0.508 e. The van der Waals surface area contributed by atoms with Crippen molar-refractivity contribution in [3.05, 3.63) is 41.1 Å². The summed E-state index contributed by atoms with van der Waals surface area (Å²) in [6, 6.07) is 6.56. The van der Waals surface area contributed by atoms with E-state index in [0.29, 0.717) is 31.2 Å². The van der Waals surface area contributed by atoms with Crippen LogP contribution in [0.1, 0.15) is 111 Å². The molecule has 0 aromatic heterocycles. The van der Waals surface area contributed by atoms with Gasteiger partial charge >= 0.3 is 5.97 Å². The number of nitrogens with one attached hydrogen (secondary N) is 1. The number of hydrogen-bond donors (Lipinski definition) is 2. The van der Waals surface area contributed by atoms with Crippen molar-refractivity contribution in [2.45, 2.75) is 130 Å². The lowest BCUT2D eigenvalue weighted by Gasteiger charge is -2.40. The third-order valence-electron chi connectivity index (χ3n) is 11.2. The molecule has 3 aliphatic carbocycles. The van der Waals surface area contributed by atoms with Crippen LogP contribution >= 0.6 is 0 Å². The van der Waals surface area contributed by atoms with Crippen molar-refractivity contribution in [2.24, 2.45) is 22.7 Å². The van der Waals surface area contributed by atoms with E-state index in [4.69, 9.17) is 4.74 Å². The number of ether oxygens (including phenoxy) is 1. The van der Waals surface area contributed by atoms with E-state index in [-0.39, 0.29) is 40.6 Å². The van der Waals surface area contributed by atoms with Crippen LogP contribution in [0.15, 0.2) is 35.5 Å². The Hall–Kier alpha value is -2.50. The highest BCUT2D eigenvalue weighted by Gasteiger charge is 2.49. The van der Waals surface area contributed by atoms with Crippen LogP contribution in [-0.4, -0.2) is 46.6 Å². The van der Waals surface area contributed by atoms with Crippen molar-refractivity contribution in [1.82, 2.24) is 10.2 Å². The number of esters is 1. The molecule has 4 atom stereocenters. The summed E-state index contributed by atoms with van der Waals surface area (Å²) < 4.78 is 6.06. The second kappa shape index (κ2) is 12.0. The second-order valence-electron chi connectivity index (χ2n) is 14.7. The predicted molar refractivity (Wildman–Crippen MR) is 162 cm³/mol. The first-order valence-corrected chi connectivity index (χ1v) is 16.2. The highest BCUT2D eigenvalue weighted by Crippen LogP contribution is 2.57. The van der Waals surface area contributed by atoms with Crippen molar-refractivity contribution in [3.8, 4) is 5.75 Å². The molecule has 0 spiro atoms. The van der Waals surface area contributed by atoms with Crippen molar-refractivity contribution in [3.63, 3.8) is 0 Å². The van der Waals surface area contributed by atoms with E-state index in [1.165, 1.54) is 37.7 Å². The van der Waals surface area contributed by atoms with E-state index in [1.54, 1.807) is 12.1 Å². The molecule has 1 aliphatic heterocycles. The number of carbonyl (C=O) groups excluding carboxylic acids is 2. The lowest BCUT2D eigenvalue weighted by molar-refractivity contribution is -0.158. The van der Waals surface area contributed by atoms with Gasteiger partial charge in [-0.1, -0.05) is 58.2 Å². The van der Waals surface area contributed by atoms with Gasteiger partial charge in [-0.2, -0.15) is 0 Å². The maximum atomic E-state index is 14.1. The van der Waals surface area contributed by atoms with E-state index in [0.717, 1.165) is 43.4 Å². The molecule has 1 aromatic rings. The summed E-state index contributed by atoms with van der Waals surface area (Å²) in [5, 5.41) is 13.7. The van der Waals surface area contributed by atoms with Gasteiger partial charge in [-0.25, -0.2) is 4.79 Å². The molecular formula is C35H52N2O4. The third-order valence-corrected chi connectivity index (χ3v) is 11.2. The number of amides is 1. The summed E-state index contributed by atoms with van der Waals surface area (Å²) in [5.41, 5.74) is 4.03. The molecule has 6 nitrogen and oxygen atoms in total. The monoisotopic (exact) mass is 564 g/mol. The Kier molecular flexibility index (Phi) is 8.78. The first kappa shape index (κ1) is 30.0. The van der Waals surface area contributed by atoms with Crippen molar-refractivity contribution >= 4 is 11.9 Å². The second-order valence-corrected chi connectivity index (χ2v) is 14.7. The fourth-order valence-electron chi connectivity index (χ4n) is 7.31. The van der Waals surface area contributed by atoms with Gasteiger partial charge in [0.2, 0.25) is 5.91 Å². The zero-order valence-corrected chi connectivity index (χ0v) is 26.0. The molecular weight excluding hydrogens is 512 g/mol. The number of allylic oxidation sites excluding steroid dienone is 2. The van der Waals surface area contributed by atoms with Gasteiger partial charge in [0.1, 0.15) is 17.8 Å². The Labute approximate surface area is 247 Å². The van der Waals surface area contributed by atoms with Gasteiger partial charge in [-0.05, 0) is 105 Å². The Bertz CT molecular complexity index is 1140. The van der Waals surface area contributed by atoms with Crippen LogP contribution in [0.2, 0.25) is 0 Å². The molecule has 226 valence electrons. The largest absolute Gasteiger partial charge is 0.508 e. The number of likely N-dealkylation sites (tertiary alicyclic amines) is 1. The number of nitrogens with zero attached hydrogens (tertiary/aromatic N) is 1. The molecule has 0 bridgehead atoms. The number of carbonyl (C=O) groups is 2. The van der Waals surface area contributed by atoms with Crippen LogP contribution in [0.25, 0.3) is 0 Å². The molecule has 1 amide bonds. The van der Waals surface area contributed by atoms with E-state index < -0.39 is 6.04 Å². The summed E-state index contributed by atoms with van der Waals surface area (Å²) in [7, 11) is 0. The lowest BCUT2D eigenvalue weighted by Crippen LogP contribution is -2.51. The molecule has 5 rings (SSSR count). The summed E-state index contributed by atoms with van der Waals surface area (Å²) in [6.45, 7) is 12.1. The summed E-state index contributed by atoms with van der Waals surface area (Å²) in [4.78, 5) is 29.4. The predicted octanol–water partition coefficient (Wildman–Crippen LogP) is 6.91. The maximum absolute atomic E-state index is 14.1. The molecule has 4 unspecified atom stereocenters. The summed E-state index contributed by atoms with van der Waals surface area (Å²) in [5.74, 6) is 1.16. The number of benzene rings is 1. The number of phenolic OH excluding ortho intramolecular Hbond substituents is 1. The van der Waals surface area contributed by atoms with Crippen LogP contribution in [0.3, 0.4) is 0 Å². The van der Waals surface area contributed by atoms with Crippen LogP contribution < -0.4 is 5.32 Å². The normalized spacial score (nSPS) is 26.3. The number of aromatic hydroxyl groups is 1. The van der Waals surface area contributed by atoms with Crippen molar-refractivity contribution in [1.29, 1.82) is 0 Å². The van der Waals surface area contributed by atoms with Gasteiger partial charge in [0.25, 0.3) is 0 Å². The molecule has 6 heteroatoms. The van der Waals surface area contributed by atoms with Crippen LogP contribution in [0.4, 0.5) is 0 Å². The van der Waals surface area contributed by atoms with Gasteiger partial charge in [0.15, 0.2) is 0 Å². The Morgan fingerprint density at radius 2 is 1.83 bits per heavy atom. The molecule has 2 N–H and O–H groups in total. The fraction of sp³-hybridized carbons (Fsp3) is 0.714. The van der Waals surface area contributed by atoms with Gasteiger partial charge < -0.3 is 20.1 Å². The van der Waals surface area contributed by atoms with E-state index >= 15 is 0 Å². The first-order chi connectivity index (χ1) is 19.4. The quantitative estimate of drug-likeness (QED) is 0.286. The standard InChI is InChI=1S/C35H52N2O4/c1-23(19-27-16-17-34(2,3)35(27,4)5)41-33(40)31-13-8-18-37(31)32(39)30(21-24-14-15-24)36-29(26-10-7-11-26)22-25-9-6-12-28(38)20-25/h6,9,12,20,23-24,27,30-31,36,38H,7-8,10-11,13-19,21-22H2,1-5H3. The van der Waals surface area contributed by atoms with Crippen molar-refractivity contribution < 1.29 is 19.4 Å². The van der Waals surface area contributed by atoms with E-state index in [9.17, 15) is 14.7 Å². The van der Waals surface area contributed by atoms with E-state index in [1.807, 2.05) is 24.0 Å². The third kappa shape index (κ3) is 6.78. The minimum atomic E-state index is -0.493. The molecule has 4 fully saturated rings. The Morgan fingerprint density at radius 3 is 2.44 bits per heavy atom. The molecule has 1 saturated heterocycles. The molecule has 3 saturated carbocycles. The first-order valence-electron chi connectivity index (χ1n) is 16.2. The topological polar surface area (TPSA) is 78.9 Å². The highest BCUT2D eigenvalue weighted by atomic mass is 16.5. The lowest BCUT2D eigenvalue weighted by atomic mass is 9.66. The smallest absolute Gasteiger partial charge is 0.329 e. The maximum Gasteiger partial charge on any atom is 0.329 e. The Morgan fingerprint density at radius 1 is 1.07 bits per heavy atom. The highest BCUT2D eigenvalue weighted by molar-refractivity contribution is 5.88.